The zero-order valence-electron chi connectivity index (χ0n) is 12.2. The minimum atomic E-state index is -0.396. The molecule has 1 rings (SSSR count). The van der Waals surface area contributed by atoms with Gasteiger partial charge in [0.1, 0.15) is 0 Å². The van der Waals surface area contributed by atoms with Crippen LogP contribution in [0.15, 0.2) is 12.1 Å². The Kier molecular flexibility index (Phi) is 7.87. The minimum Gasteiger partial charge on any atom is -0.465 e. The summed E-state index contributed by atoms with van der Waals surface area (Å²) in [4.78, 5) is 23.3. The van der Waals surface area contributed by atoms with Gasteiger partial charge in [0.2, 0.25) is 5.91 Å². The Labute approximate surface area is 125 Å². The zero-order valence-corrected chi connectivity index (χ0v) is 13.0. The number of methoxy groups -OCH3 is 1. The van der Waals surface area contributed by atoms with Crippen molar-refractivity contribution in [3.63, 3.8) is 0 Å². The van der Waals surface area contributed by atoms with E-state index in [1.165, 1.54) is 7.11 Å². The lowest BCUT2D eigenvalue weighted by Crippen LogP contribution is -2.19. The van der Waals surface area contributed by atoms with Gasteiger partial charge in [-0.15, -0.1) is 12.4 Å². The van der Waals surface area contributed by atoms with Crippen molar-refractivity contribution in [2.75, 3.05) is 26.0 Å². The molecule has 0 aromatic heterocycles. The largest absolute Gasteiger partial charge is 0.465 e. The molecule has 0 bridgehead atoms. The van der Waals surface area contributed by atoms with E-state index in [0.717, 1.165) is 11.1 Å². The number of halogens is 1. The summed E-state index contributed by atoms with van der Waals surface area (Å²) in [7, 11) is 3.13. The Bertz CT molecular complexity index is 490. The third-order valence-electron chi connectivity index (χ3n) is 2.96. The summed E-state index contributed by atoms with van der Waals surface area (Å²) >= 11 is 0. The summed E-state index contributed by atoms with van der Waals surface area (Å²) in [5.41, 5.74) is 2.89. The molecule has 1 aromatic carbocycles. The normalized spacial score (nSPS) is 9.60. The maximum absolute atomic E-state index is 11.7. The molecule has 0 aliphatic carbocycles. The van der Waals surface area contributed by atoms with Gasteiger partial charge in [-0.05, 0) is 44.2 Å². The van der Waals surface area contributed by atoms with Crippen LogP contribution in [-0.4, -0.2) is 32.6 Å². The summed E-state index contributed by atoms with van der Waals surface area (Å²) in [6.45, 7) is 4.36. The molecule has 1 amide bonds. The van der Waals surface area contributed by atoms with E-state index in [-0.39, 0.29) is 18.3 Å². The van der Waals surface area contributed by atoms with Crippen molar-refractivity contribution < 1.29 is 14.3 Å². The molecule has 6 heteroatoms. The highest BCUT2D eigenvalue weighted by Gasteiger charge is 2.13. The first-order valence-electron chi connectivity index (χ1n) is 6.13. The number of anilines is 1. The van der Waals surface area contributed by atoms with Gasteiger partial charge in [-0.3, -0.25) is 4.79 Å². The second-order valence-electron chi connectivity index (χ2n) is 4.36. The van der Waals surface area contributed by atoms with E-state index in [2.05, 4.69) is 10.6 Å². The van der Waals surface area contributed by atoms with Crippen LogP contribution in [0.5, 0.6) is 0 Å². The van der Waals surface area contributed by atoms with Gasteiger partial charge in [-0.2, -0.15) is 0 Å². The highest BCUT2D eigenvalue weighted by molar-refractivity contribution is 5.96. The van der Waals surface area contributed by atoms with Crippen LogP contribution in [0.1, 0.15) is 27.9 Å². The molecular formula is C14H21ClN2O3. The topological polar surface area (TPSA) is 67.4 Å². The summed E-state index contributed by atoms with van der Waals surface area (Å²) in [6.07, 6.45) is 0.386. The third-order valence-corrected chi connectivity index (χ3v) is 2.96. The number of aryl methyl sites for hydroxylation is 1. The highest BCUT2D eigenvalue weighted by atomic mass is 35.5. The molecule has 0 radical (unpaired) electrons. The Balaban J connectivity index is 0.00000361. The molecule has 0 saturated carbocycles. The molecule has 2 N–H and O–H groups in total. The average Bonchev–Trinajstić information content (AvgIpc) is 2.39. The second-order valence-corrected chi connectivity index (χ2v) is 4.36. The van der Waals surface area contributed by atoms with Crippen molar-refractivity contribution in [3.05, 3.63) is 28.8 Å². The summed E-state index contributed by atoms with van der Waals surface area (Å²) in [5, 5.41) is 5.69. The van der Waals surface area contributed by atoms with Crippen LogP contribution in [0.2, 0.25) is 0 Å². The Morgan fingerprint density at radius 1 is 1.25 bits per heavy atom. The number of ether oxygens (including phenoxy) is 1. The molecule has 0 spiro atoms. The molecule has 0 atom stereocenters. The fourth-order valence-electron chi connectivity index (χ4n) is 1.72. The number of benzene rings is 1. The quantitative estimate of drug-likeness (QED) is 0.817. The predicted molar refractivity (Wildman–Crippen MR) is 81.7 cm³/mol. The smallest absolute Gasteiger partial charge is 0.338 e. The van der Waals surface area contributed by atoms with Crippen molar-refractivity contribution in [3.8, 4) is 0 Å². The van der Waals surface area contributed by atoms with E-state index in [1.54, 1.807) is 13.1 Å². The molecule has 0 aliphatic rings. The van der Waals surface area contributed by atoms with Crippen molar-refractivity contribution in [1.82, 2.24) is 5.32 Å². The second kappa shape index (κ2) is 8.55. The van der Waals surface area contributed by atoms with Gasteiger partial charge < -0.3 is 15.4 Å². The van der Waals surface area contributed by atoms with Crippen LogP contribution in [0, 0.1) is 13.8 Å². The SMILES string of the molecule is CNCCC(=O)Nc1cc(C)c(C)c(C(=O)OC)c1.Cl. The van der Waals surface area contributed by atoms with E-state index in [9.17, 15) is 9.59 Å². The fraction of sp³-hybridized carbons (Fsp3) is 0.429. The lowest BCUT2D eigenvalue weighted by molar-refractivity contribution is -0.116. The summed E-state index contributed by atoms with van der Waals surface area (Å²) < 4.78 is 4.74. The van der Waals surface area contributed by atoms with Gasteiger partial charge in [0.15, 0.2) is 0 Å². The van der Waals surface area contributed by atoms with Crippen LogP contribution >= 0.6 is 12.4 Å². The van der Waals surface area contributed by atoms with Gasteiger partial charge in [0.25, 0.3) is 0 Å². The minimum absolute atomic E-state index is 0. The zero-order chi connectivity index (χ0) is 14.4. The monoisotopic (exact) mass is 300 g/mol. The molecular weight excluding hydrogens is 280 g/mol. The first-order chi connectivity index (χ1) is 8.99. The Morgan fingerprint density at radius 3 is 2.45 bits per heavy atom. The maximum atomic E-state index is 11.7. The Morgan fingerprint density at radius 2 is 1.90 bits per heavy atom. The maximum Gasteiger partial charge on any atom is 0.338 e. The van der Waals surface area contributed by atoms with Crippen molar-refractivity contribution >= 4 is 30.0 Å². The molecule has 5 nitrogen and oxygen atoms in total. The van der Waals surface area contributed by atoms with Gasteiger partial charge >= 0.3 is 5.97 Å². The number of esters is 1. The number of amides is 1. The lowest BCUT2D eigenvalue weighted by atomic mass is 10.0. The molecule has 0 saturated heterocycles. The lowest BCUT2D eigenvalue weighted by Gasteiger charge is -2.11. The van der Waals surface area contributed by atoms with Gasteiger partial charge in [-0.25, -0.2) is 4.79 Å². The number of carbonyl (C=O) groups is 2. The van der Waals surface area contributed by atoms with E-state index in [4.69, 9.17) is 4.74 Å². The fourth-order valence-corrected chi connectivity index (χ4v) is 1.72. The molecule has 20 heavy (non-hydrogen) atoms. The van der Waals surface area contributed by atoms with Gasteiger partial charge in [-0.1, -0.05) is 0 Å². The summed E-state index contributed by atoms with van der Waals surface area (Å²) in [6, 6.07) is 3.49. The third kappa shape index (κ3) is 4.83. The highest BCUT2D eigenvalue weighted by Crippen LogP contribution is 2.20. The van der Waals surface area contributed by atoms with Gasteiger partial charge in [0, 0.05) is 18.7 Å². The van der Waals surface area contributed by atoms with Crippen LogP contribution in [0.4, 0.5) is 5.69 Å². The molecule has 0 aliphatic heterocycles. The number of hydrogen-bond acceptors (Lipinski definition) is 4. The first-order valence-corrected chi connectivity index (χ1v) is 6.13. The number of carbonyl (C=O) groups excluding carboxylic acids is 2. The molecule has 1 aromatic rings. The van der Waals surface area contributed by atoms with Crippen LogP contribution in [0.3, 0.4) is 0 Å². The van der Waals surface area contributed by atoms with Crippen LogP contribution < -0.4 is 10.6 Å². The first kappa shape index (κ1) is 18.4. The van der Waals surface area contributed by atoms with E-state index >= 15 is 0 Å². The molecule has 0 fully saturated rings. The summed E-state index contributed by atoms with van der Waals surface area (Å²) in [5.74, 6) is -0.486. The predicted octanol–water partition coefficient (Wildman–Crippen LogP) is 2.06. The molecule has 112 valence electrons. The molecule has 0 unspecified atom stereocenters. The average molecular weight is 301 g/mol. The molecule has 0 heterocycles. The van der Waals surface area contributed by atoms with Crippen LogP contribution in [0.25, 0.3) is 0 Å². The van der Waals surface area contributed by atoms with Crippen molar-refractivity contribution in [1.29, 1.82) is 0 Å². The van der Waals surface area contributed by atoms with E-state index in [0.29, 0.717) is 24.2 Å². The van der Waals surface area contributed by atoms with E-state index in [1.807, 2.05) is 19.9 Å². The van der Waals surface area contributed by atoms with Crippen molar-refractivity contribution in [2.24, 2.45) is 0 Å². The van der Waals surface area contributed by atoms with Crippen LogP contribution in [-0.2, 0) is 9.53 Å². The number of rotatable bonds is 5. The Hall–Kier alpha value is -1.59. The van der Waals surface area contributed by atoms with E-state index < -0.39 is 5.97 Å². The van der Waals surface area contributed by atoms with Crippen molar-refractivity contribution in [2.45, 2.75) is 20.3 Å². The van der Waals surface area contributed by atoms with Gasteiger partial charge in [0.05, 0.1) is 12.7 Å². The standard InChI is InChI=1S/C14H20N2O3.ClH/c1-9-7-11(16-13(17)5-6-15-3)8-12(10(9)2)14(18)19-4;/h7-8,15H,5-6H2,1-4H3,(H,16,17);1H. The number of hydrogen-bond donors (Lipinski definition) is 2. The number of nitrogens with one attached hydrogen (secondary N) is 2.